The summed E-state index contributed by atoms with van der Waals surface area (Å²) in [7, 11) is 0. The molecule has 0 aromatic rings. The zero-order valence-corrected chi connectivity index (χ0v) is 59.9. The van der Waals surface area contributed by atoms with Gasteiger partial charge in [-0.2, -0.15) is 0 Å². The van der Waals surface area contributed by atoms with E-state index < -0.39 is 86.8 Å². The molecular formula is C81H141NO13. The maximum atomic E-state index is 13.4. The molecule has 2 rings (SSSR count). The largest absolute Gasteiger partial charge is 0.394 e. The molecule has 2 heterocycles. The molecule has 2 saturated heterocycles. The Morgan fingerprint density at radius 2 is 0.737 bits per heavy atom. The molecule has 0 radical (unpaired) electrons. The molecule has 2 fully saturated rings. The number of hydrogen-bond acceptors (Lipinski definition) is 13. The van der Waals surface area contributed by atoms with Crippen LogP contribution in [0.1, 0.15) is 303 Å². The Morgan fingerprint density at radius 1 is 0.389 bits per heavy atom. The number of rotatable bonds is 63. The van der Waals surface area contributed by atoms with Crippen molar-refractivity contribution >= 4 is 5.91 Å². The van der Waals surface area contributed by atoms with Gasteiger partial charge < -0.3 is 65.1 Å². The van der Waals surface area contributed by atoms with Crippen molar-refractivity contribution in [3.8, 4) is 0 Å². The number of carbonyl (C=O) groups is 1. The van der Waals surface area contributed by atoms with Crippen LogP contribution in [0.15, 0.2) is 109 Å². The van der Waals surface area contributed by atoms with Gasteiger partial charge in [-0.3, -0.25) is 4.79 Å². The zero-order chi connectivity index (χ0) is 68.7. The van der Waals surface area contributed by atoms with Gasteiger partial charge in [0.1, 0.15) is 48.8 Å². The topological polar surface area (TPSA) is 228 Å². The Hall–Kier alpha value is -3.35. The number of nitrogens with one attached hydrogen (secondary N) is 1. The van der Waals surface area contributed by atoms with Crippen molar-refractivity contribution in [3.63, 3.8) is 0 Å². The predicted octanol–water partition coefficient (Wildman–Crippen LogP) is 17.1. The maximum absolute atomic E-state index is 13.4. The molecule has 548 valence electrons. The maximum Gasteiger partial charge on any atom is 0.220 e. The van der Waals surface area contributed by atoms with E-state index >= 15 is 0 Å². The first-order chi connectivity index (χ1) is 46.6. The Kier molecular flexibility index (Phi) is 59.2. The van der Waals surface area contributed by atoms with Crippen LogP contribution in [0.25, 0.3) is 0 Å². The Morgan fingerprint density at radius 3 is 1.16 bits per heavy atom. The Labute approximate surface area is 578 Å². The van der Waals surface area contributed by atoms with Gasteiger partial charge in [-0.05, 0) is 89.9 Å². The molecule has 0 aromatic heterocycles. The van der Waals surface area contributed by atoms with Crippen molar-refractivity contribution in [1.29, 1.82) is 0 Å². The molecule has 2 aliphatic rings. The quantitative estimate of drug-likeness (QED) is 0.0204. The molecule has 12 unspecified atom stereocenters. The molecule has 0 aliphatic carbocycles. The Bertz CT molecular complexity index is 2010. The summed E-state index contributed by atoms with van der Waals surface area (Å²) in [4.78, 5) is 13.4. The molecule has 1 amide bonds. The van der Waals surface area contributed by atoms with Crippen LogP contribution in [0.2, 0.25) is 0 Å². The van der Waals surface area contributed by atoms with Crippen LogP contribution in [0.4, 0.5) is 0 Å². The summed E-state index contributed by atoms with van der Waals surface area (Å²) in [5.41, 5.74) is 0. The standard InChI is InChI=1S/C81H141NO13/c1-3-5-7-9-11-13-15-17-19-21-23-25-26-27-28-29-30-31-32-33-34-35-36-37-38-39-40-41-42-43-44-45-47-49-51-53-55-57-59-61-63-65-73(86)82-69(70(85)64-62-60-58-56-54-52-50-48-46-24-22-20-18-16-14-12-10-8-6-4-2)68-92-80-78(91)76(89)79(72(67-84)94-80)95-81-77(90)75(88)74(87)71(66-83)93-81/h5,7,11,13,17,19,23,25,27-28,30-31,33-34,54,56,62,64,69-72,74-81,83-85,87-91H,3-4,6,8-10,12,14-16,18,20-22,24,26,29,32,35-53,55,57-61,63,65-68H2,1-2H3,(H,82,86)/b7-5-,13-11-,19-17-,25-23-,28-27-,31-30-,34-33-,56-54+,64-62+. The van der Waals surface area contributed by atoms with Crippen molar-refractivity contribution in [2.24, 2.45) is 0 Å². The van der Waals surface area contributed by atoms with Crippen LogP contribution in [0.3, 0.4) is 0 Å². The molecule has 12 atom stereocenters. The summed E-state index contributed by atoms with van der Waals surface area (Å²) in [5, 5.41) is 87.5. The average molecular weight is 1340 g/mol. The number of allylic oxidation sites excluding steroid dienone is 17. The van der Waals surface area contributed by atoms with Gasteiger partial charge in [0, 0.05) is 6.42 Å². The average Bonchev–Trinajstić information content (AvgIpc) is 0.897. The second-order valence-corrected chi connectivity index (χ2v) is 26.7. The number of unbranched alkanes of at least 4 members (excludes halogenated alkanes) is 34. The van der Waals surface area contributed by atoms with Crippen molar-refractivity contribution < 1.29 is 64.6 Å². The number of aliphatic hydroxyl groups excluding tert-OH is 8. The minimum absolute atomic E-state index is 0.248. The highest BCUT2D eigenvalue weighted by Crippen LogP contribution is 2.30. The van der Waals surface area contributed by atoms with Gasteiger partial charge in [-0.25, -0.2) is 0 Å². The van der Waals surface area contributed by atoms with Crippen LogP contribution in [0.5, 0.6) is 0 Å². The lowest BCUT2D eigenvalue weighted by Gasteiger charge is -2.46. The molecule has 0 saturated carbocycles. The second kappa shape index (κ2) is 64.1. The molecule has 9 N–H and O–H groups in total. The third kappa shape index (κ3) is 47.4. The summed E-state index contributed by atoms with van der Waals surface area (Å²) in [6.07, 6.45) is 75.9. The van der Waals surface area contributed by atoms with E-state index in [0.29, 0.717) is 12.8 Å². The summed E-state index contributed by atoms with van der Waals surface area (Å²) < 4.78 is 22.9. The normalized spacial score (nSPS) is 23.0. The second-order valence-electron chi connectivity index (χ2n) is 26.7. The van der Waals surface area contributed by atoms with Crippen LogP contribution in [-0.4, -0.2) is 140 Å². The van der Waals surface area contributed by atoms with Crippen LogP contribution < -0.4 is 5.32 Å². The van der Waals surface area contributed by atoms with Gasteiger partial charge in [0.25, 0.3) is 0 Å². The molecule has 0 spiro atoms. The molecule has 14 heteroatoms. The monoisotopic (exact) mass is 1340 g/mol. The fourth-order valence-corrected chi connectivity index (χ4v) is 12.1. The highest BCUT2D eigenvalue weighted by atomic mass is 16.7. The highest BCUT2D eigenvalue weighted by molar-refractivity contribution is 5.76. The number of hydrogen-bond donors (Lipinski definition) is 9. The lowest BCUT2D eigenvalue weighted by Crippen LogP contribution is -2.65. The van der Waals surface area contributed by atoms with Crippen LogP contribution in [0, 0.1) is 0 Å². The van der Waals surface area contributed by atoms with E-state index in [-0.39, 0.29) is 18.9 Å². The van der Waals surface area contributed by atoms with E-state index in [9.17, 15) is 45.6 Å². The van der Waals surface area contributed by atoms with E-state index in [1.807, 2.05) is 6.08 Å². The van der Waals surface area contributed by atoms with Gasteiger partial charge in [-0.1, -0.05) is 316 Å². The third-order valence-corrected chi connectivity index (χ3v) is 18.2. The fourth-order valence-electron chi connectivity index (χ4n) is 12.1. The number of carbonyl (C=O) groups excluding carboxylic acids is 1. The number of amides is 1. The summed E-state index contributed by atoms with van der Waals surface area (Å²) in [6, 6.07) is -0.936. The smallest absolute Gasteiger partial charge is 0.220 e. The molecule has 14 nitrogen and oxygen atoms in total. The lowest BCUT2D eigenvalue weighted by molar-refractivity contribution is -0.359. The fraction of sp³-hybridized carbons (Fsp3) is 0.765. The van der Waals surface area contributed by atoms with Crippen molar-refractivity contribution in [1.82, 2.24) is 5.32 Å². The minimum Gasteiger partial charge on any atom is -0.394 e. The van der Waals surface area contributed by atoms with E-state index in [2.05, 4.69) is 116 Å². The summed E-state index contributed by atoms with van der Waals surface area (Å²) in [5.74, 6) is -0.248. The predicted molar refractivity (Wildman–Crippen MR) is 392 cm³/mol. The van der Waals surface area contributed by atoms with Crippen molar-refractivity contribution in [2.45, 2.75) is 376 Å². The Balaban J connectivity index is 1.59. The van der Waals surface area contributed by atoms with E-state index in [1.165, 1.54) is 193 Å². The molecule has 2 aliphatic heterocycles. The number of ether oxygens (including phenoxy) is 4. The number of aliphatic hydroxyl groups is 8. The van der Waals surface area contributed by atoms with E-state index in [0.717, 1.165) is 77.0 Å². The van der Waals surface area contributed by atoms with Crippen molar-refractivity contribution in [2.75, 3.05) is 19.8 Å². The summed E-state index contributed by atoms with van der Waals surface area (Å²) >= 11 is 0. The molecule has 0 aromatic carbocycles. The lowest BCUT2D eigenvalue weighted by atomic mass is 9.97. The van der Waals surface area contributed by atoms with Crippen LogP contribution >= 0.6 is 0 Å². The SMILES string of the molecule is CC/C=C\C/C=C\C/C=C\C/C=C\C/C=C\C/C=C\C/C=C\CCCCCCCCCCCCCCCCCCCCCC(=O)NC(COC1OC(CO)C(OC2OC(CO)C(O)C(O)C2O)C(O)C1O)C(O)/C=C/CC/C=C/CCCCCCCCCCCCCCCC. The minimum atomic E-state index is -1.79. The first-order valence-electron chi connectivity index (χ1n) is 38.6. The first-order valence-corrected chi connectivity index (χ1v) is 38.6. The highest BCUT2D eigenvalue weighted by Gasteiger charge is 2.51. The third-order valence-electron chi connectivity index (χ3n) is 18.2. The van der Waals surface area contributed by atoms with Crippen molar-refractivity contribution in [3.05, 3.63) is 109 Å². The van der Waals surface area contributed by atoms with Crippen LogP contribution in [-0.2, 0) is 23.7 Å². The van der Waals surface area contributed by atoms with E-state index in [4.69, 9.17) is 18.9 Å². The molecule has 0 bridgehead atoms. The first kappa shape index (κ1) is 87.7. The van der Waals surface area contributed by atoms with Gasteiger partial charge in [0.15, 0.2) is 12.6 Å². The molecular weight excluding hydrogens is 1190 g/mol. The van der Waals surface area contributed by atoms with Gasteiger partial charge >= 0.3 is 0 Å². The summed E-state index contributed by atoms with van der Waals surface area (Å²) in [6.45, 7) is 2.69. The van der Waals surface area contributed by atoms with Gasteiger partial charge in [0.2, 0.25) is 5.91 Å². The van der Waals surface area contributed by atoms with Gasteiger partial charge in [0.05, 0.1) is 32.0 Å². The molecule has 95 heavy (non-hydrogen) atoms. The van der Waals surface area contributed by atoms with E-state index in [1.54, 1.807) is 6.08 Å². The zero-order valence-electron chi connectivity index (χ0n) is 59.9. The van der Waals surface area contributed by atoms with Gasteiger partial charge in [-0.15, -0.1) is 0 Å².